The summed E-state index contributed by atoms with van der Waals surface area (Å²) < 4.78 is 5.48. The number of ether oxygens (including phenoxy) is 1. The van der Waals surface area contributed by atoms with Gasteiger partial charge in [-0.3, -0.25) is 0 Å². The molecule has 0 aliphatic carbocycles. The summed E-state index contributed by atoms with van der Waals surface area (Å²) in [6, 6.07) is 7.18. The van der Waals surface area contributed by atoms with Gasteiger partial charge in [0.2, 0.25) is 0 Å². The molecule has 0 saturated heterocycles. The summed E-state index contributed by atoms with van der Waals surface area (Å²) in [5, 5.41) is 10.1. The summed E-state index contributed by atoms with van der Waals surface area (Å²) in [5.41, 5.74) is 1.10. The number of aliphatic hydroxyl groups excluding tert-OH is 1. The molecule has 3 heteroatoms. The molecule has 0 spiro atoms. The first-order chi connectivity index (χ1) is 10.6. The van der Waals surface area contributed by atoms with E-state index in [9.17, 15) is 9.90 Å². The fraction of sp³-hybridized carbons (Fsp3) is 0.550. The predicted molar refractivity (Wildman–Crippen MR) is 95.3 cm³/mol. The van der Waals surface area contributed by atoms with Gasteiger partial charge in [-0.25, -0.2) is 4.79 Å². The number of hydrogen-bond acceptors (Lipinski definition) is 3. The lowest BCUT2D eigenvalue weighted by Gasteiger charge is -2.37. The zero-order valence-corrected chi connectivity index (χ0v) is 15.1. The number of aliphatic hydroxyl groups is 1. The molecule has 1 atom stereocenters. The van der Waals surface area contributed by atoms with Crippen LogP contribution in [-0.4, -0.2) is 23.8 Å². The van der Waals surface area contributed by atoms with Crippen LogP contribution in [0.1, 0.15) is 63.4 Å². The lowest BCUT2D eigenvalue weighted by atomic mass is 9.72. The van der Waals surface area contributed by atoms with Gasteiger partial charge in [0, 0.05) is 0 Å². The van der Waals surface area contributed by atoms with Gasteiger partial charge in [-0.2, -0.15) is 0 Å². The monoisotopic (exact) mass is 318 g/mol. The SMILES string of the molecule is C=Cc1ccc(C(=O)OCC(C)(C)CC(C)(C)C(O)CC)cc1. The van der Waals surface area contributed by atoms with Crippen molar-refractivity contribution < 1.29 is 14.6 Å². The zero-order chi connectivity index (χ0) is 17.7. The average molecular weight is 318 g/mol. The second kappa shape index (κ2) is 7.78. The smallest absolute Gasteiger partial charge is 0.338 e. The molecule has 1 N–H and O–H groups in total. The molecule has 23 heavy (non-hydrogen) atoms. The first-order valence-corrected chi connectivity index (χ1v) is 8.19. The van der Waals surface area contributed by atoms with E-state index in [1.807, 2.05) is 19.1 Å². The van der Waals surface area contributed by atoms with Gasteiger partial charge in [-0.05, 0) is 41.4 Å². The van der Waals surface area contributed by atoms with E-state index >= 15 is 0 Å². The van der Waals surface area contributed by atoms with Crippen molar-refractivity contribution in [2.75, 3.05) is 6.61 Å². The third-order valence-electron chi connectivity index (χ3n) is 4.20. The fourth-order valence-corrected chi connectivity index (χ4v) is 3.05. The third-order valence-corrected chi connectivity index (χ3v) is 4.20. The Morgan fingerprint density at radius 3 is 2.30 bits per heavy atom. The van der Waals surface area contributed by atoms with E-state index in [1.54, 1.807) is 18.2 Å². The molecular weight excluding hydrogens is 288 g/mol. The minimum absolute atomic E-state index is 0.198. The van der Waals surface area contributed by atoms with Crippen LogP contribution in [0.4, 0.5) is 0 Å². The first kappa shape index (κ1) is 19.4. The van der Waals surface area contributed by atoms with E-state index in [4.69, 9.17) is 4.74 Å². The summed E-state index contributed by atoms with van der Waals surface area (Å²) in [5.74, 6) is -0.317. The van der Waals surface area contributed by atoms with Crippen LogP contribution in [-0.2, 0) is 4.74 Å². The largest absolute Gasteiger partial charge is 0.462 e. The number of rotatable bonds is 8. The van der Waals surface area contributed by atoms with Crippen molar-refractivity contribution in [3.63, 3.8) is 0 Å². The zero-order valence-electron chi connectivity index (χ0n) is 15.1. The summed E-state index contributed by atoms with van der Waals surface area (Å²) >= 11 is 0. The van der Waals surface area contributed by atoms with E-state index in [-0.39, 0.29) is 22.9 Å². The van der Waals surface area contributed by atoms with Gasteiger partial charge in [-0.15, -0.1) is 0 Å². The molecule has 0 aromatic heterocycles. The second-order valence-corrected chi connectivity index (χ2v) is 7.66. The fourth-order valence-electron chi connectivity index (χ4n) is 3.05. The maximum absolute atomic E-state index is 12.1. The minimum Gasteiger partial charge on any atom is -0.462 e. The molecule has 0 aliphatic rings. The summed E-state index contributed by atoms with van der Waals surface area (Å²) in [6.07, 6.45) is 2.87. The maximum Gasteiger partial charge on any atom is 0.338 e. The van der Waals surface area contributed by atoms with Gasteiger partial charge in [0.15, 0.2) is 0 Å². The highest BCUT2D eigenvalue weighted by molar-refractivity contribution is 5.89. The van der Waals surface area contributed by atoms with Crippen LogP contribution in [0, 0.1) is 10.8 Å². The van der Waals surface area contributed by atoms with Crippen molar-refractivity contribution in [3.8, 4) is 0 Å². The van der Waals surface area contributed by atoms with Crippen LogP contribution in [0.5, 0.6) is 0 Å². The Morgan fingerprint density at radius 1 is 1.26 bits per heavy atom. The molecule has 0 bridgehead atoms. The summed E-state index contributed by atoms with van der Waals surface area (Å²) in [4.78, 5) is 12.1. The van der Waals surface area contributed by atoms with Crippen molar-refractivity contribution in [3.05, 3.63) is 42.0 Å². The molecule has 0 fully saturated rings. The topological polar surface area (TPSA) is 46.5 Å². The lowest BCUT2D eigenvalue weighted by molar-refractivity contribution is -0.00939. The Morgan fingerprint density at radius 2 is 1.83 bits per heavy atom. The highest BCUT2D eigenvalue weighted by atomic mass is 16.5. The third kappa shape index (κ3) is 5.83. The van der Waals surface area contributed by atoms with Crippen LogP contribution in [0.25, 0.3) is 6.08 Å². The van der Waals surface area contributed by atoms with E-state index < -0.39 is 0 Å². The molecule has 0 amide bonds. The van der Waals surface area contributed by atoms with Gasteiger partial charge in [0.05, 0.1) is 18.3 Å². The normalized spacial score (nSPS) is 13.5. The second-order valence-electron chi connectivity index (χ2n) is 7.66. The van der Waals surface area contributed by atoms with Crippen LogP contribution >= 0.6 is 0 Å². The molecule has 128 valence electrons. The Labute approximate surface area is 140 Å². The van der Waals surface area contributed by atoms with Gasteiger partial charge < -0.3 is 9.84 Å². The average Bonchev–Trinajstić information content (AvgIpc) is 2.50. The van der Waals surface area contributed by atoms with E-state index in [2.05, 4.69) is 34.3 Å². The minimum atomic E-state index is -0.357. The van der Waals surface area contributed by atoms with Crippen LogP contribution in [0.2, 0.25) is 0 Å². The van der Waals surface area contributed by atoms with E-state index in [0.29, 0.717) is 12.2 Å². The molecular formula is C20H30O3. The van der Waals surface area contributed by atoms with Crippen molar-refractivity contribution in [1.82, 2.24) is 0 Å². The van der Waals surface area contributed by atoms with E-state index in [1.165, 1.54) is 0 Å². The van der Waals surface area contributed by atoms with Crippen molar-refractivity contribution >= 4 is 12.0 Å². The molecule has 0 radical (unpaired) electrons. The molecule has 0 heterocycles. The molecule has 0 aliphatic heterocycles. The van der Waals surface area contributed by atoms with Gasteiger partial charge in [0.1, 0.15) is 0 Å². The predicted octanol–water partition coefficient (Wildman–Crippen LogP) is 4.70. The number of carbonyl (C=O) groups excluding carboxylic acids is 1. The van der Waals surface area contributed by atoms with E-state index in [0.717, 1.165) is 18.4 Å². The van der Waals surface area contributed by atoms with Crippen LogP contribution in [0.3, 0.4) is 0 Å². The highest BCUT2D eigenvalue weighted by Crippen LogP contribution is 2.37. The molecule has 1 aromatic carbocycles. The molecule has 1 unspecified atom stereocenters. The number of carbonyl (C=O) groups is 1. The molecule has 1 aromatic rings. The number of esters is 1. The lowest BCUT2D eigenvalue weighted by Crippen LogP contribution is -2.36. The standard InChI is InChI=1S/C20H30O3/c1-7-15-9-11-16(12-10-15)18(22)23-14-19(3,4)13-20(5,6)17(21)8-2/h7,9-12,17,21H,1,8,13-14H2,2-6H3. The first-order valence-electron chi connectivity index (χ1n) is 8.19. The Balaban J connectivity index is 2.64. The Hall–Kier alpha value is -1.61. The Bertz CT molecular complexity index is 526. The molecule has 1 rings (SSSR count). The van der Waals surface area contributed by atoms with Crippen LogP contribution in [0.15, 0.2) is 30.8 Å². The number of hydrogen-bond donors (Lipinski definition) is 1. The van der Waals surface area contributed by atoms with Crippen molar-refractivity contribution in [2.24, 2.45) is 10.8 Å². The summed E-state index contributed by atoms with van der Waals surface area (Å²) in [6.45, 7) is 14.2. The van der Waals surface area contributed by atoms with Gasteiger partial charge in [-0.1, -0.05) is 59.4 Å². The Kier molecular flexibility index (Phi) is 6.57. The van der Waals surface area contributed by atoms with Crippen molar-refractivity contribution in [2.45, 2.75) is 53.6 Å². The van der Waals surface area contributed by atoms with Crippen LogP contribution < -0.4 is 0 Å². The quantitative estimate of drug-likeness (QED) is 0.707. The number of benzene rings is 1. The van der Waals surface area contributed by atoms with Gasteiger partial charge in [0.25, 0.3) is 0 Å². The maximum atomic E-state index is 12.1. The highest BCUT2D eigenvalue weighted by Gasteiger charge is 2.34. The molecule has 3 nitrogen and oxygen atoms in total. The van der Waals surface area contributed by atoms with Gasteiger partial charge >= 0.3 is 5.97 Å². The van der Waals surface area contributed by atoms with Crippen molar-refractivity contribution in [1.29, 1.82) is 0 Å². The summed E-state index contributed by atoms with van der Waals surface area (Å²) in [7, 11) is 0. The molecule has 0 saturated carbocycles.